The number of nitrogens with zero attached hydrogens (tertiary/aromatic N) is 4. The van der Waals surface area contributed by atoms with E-state index in [-0.39, 0.29) is 17.3 Å². The summed E-state index contributed by atoms with van der Waals surface area (Å²) >= 11 is 0. The van der Waals surface area contributed by atoms with Gasteiger partial charge in [-0.2, -0.15) is 0 Å². The Balaban J connectivity index is 1.67. The van der Waals surface area contributed by atoms with Crippen LogP contribution in [0.4, 0.5) is 11.4 Å². The van der Waals surface area contributed by atoms with E-state index in [1.165, 1.54) is 0 Å². The molecule has 0 aliphatic carbocycles. The fraction of sp³-hybridized carbons (Fsp3) is 0.172. The third-order valence-corrected chi connectivity index (χ3v) is 6.14. The van der Waals surface area contributed by atoms with Gasteiger partial charge in [0.2, 0.25) is 5.88 Å². The number of hydrogen-bond donors (Lipinski definition) is 2. The Labute approximate surface area is 215 Å². The smallest absolute Gasteiger partial charge is 0.311 e. The number of amides is 2. The van der Waals surface area contributed by atoms with Gasteiger partial charge in [-0.1, -0.05) is 48.5 Å². The predicted molar refractivity (Wildman–Crippen MR) is 146 cm³/mol. The zero-order chi connectivity index (χ0) is 26.4. The highest BCUT2D eigenvalue weighted by Crippen LogP contribution is 2.37. The average molecular weight is 496 g/mol. The molecule has 0 bridgehead atoms. The van der Waals surface area contributed by atoms with Crippen molar-refractivity contribution in [2.24, 2.45) is 17.3 Å². The van der Waals surface area contributed by atoms with Gasteiger partial charge in [-0.05, 0) is 55.8 Å². The SMILES string of the molecule is CCN(CC)c1ccc(/C=C(/NC(=O)c2ccccc2)C(=O)N=Nc2c(O)n(C)c3ccccc23)cc1. The molecule has 0 atom stereocenters. The number of carbonyl (C=O) groups is 2. The molecule has 0 fully saturated rings. The Kier molecular flexibility index (Phi) is 7.78. The second-order valence-corrected chi connectivity index (χ2v) is 8.40. The summed E-state index contributed by atoms with van der Waals surface area (Å²) in [4.78, 5) is 28.2. The molecule has 2 N–H and O–H groups in total. The van der Waals surface area contributed by atoms with E-state index in [2.05, 4.69) is 34.3 Å². The molecule has 3 aromatic carbocycles. The topological polar surface area (TPSA) is 99.3 Å². The summed E-state index contributed by atoms with van der Waals surface area (Å²) in [7, 11) is 1.70. The molecule has 2 amide bonds. The molecule has 0 unspecified atom stereocenters. The standard InChI is InChI=1S/C29H29N5O3/c1-4-34(5-2)22-17-15-20(16-18-22)19-24(30-27(35)21-11-7-6-8-12-21)28(36)32-31-26-23-13-9-10-14-25(23)33(3)29(26)37/h6-19,37H,4-5H2,1-3H3,(H,30,35)/b24-19+,32-31?. The van der Waals surface area contributed by atoms with Crippen LogP contribution >= 0.6 is 0 Å². The molecular weight excluding hydrogens is 466 g/mol. The Morgan fingerprint density at radius 2 is 1.59 bits per heavy atom. The lowest BCUT2D eigenvalue weighted by Gasteiger charge is -2.20. The number of fused-ring (bicyclic) bond motifs is 1. The second-order valence-electron chi connectivity index (χ2n) is 8.40. The third kappa shape index (κ3) is 5.59. The zero-order valence-corrected chi connectivity index (χ0v) is 21.0. The van der Waals surface area contributed by atoms with Crippen molar-refractivity contribution in [1.29, 1.82) is 0 Å². The van der Waals surface area contributed by atoms with E-state index in [1.807, 2.05) is 42.5 Å². The first kappa shape index (κ1) is 25.4. The molecule has 8 nitrogen and oxygen atoms in total. The van der Waals surface area contributed by atoms with Gasteiger partial charge in [0.05, 0.1) is 5.52 Å². The Bertz CT molecular complexity index is 1470. The lowest BCUT2D eigenvalue weighted by molar-refractivity contribution is -0.115. The minimum atomic E-state index is -0.746. The van der Waals surface area contributed by atoms with Gasteiger partial charge in [-0.25, -0.2) is 0 Å². The van der Waals surface area contributed by atoms with Gasteiger partial charge in [0.15, 0.2) is 5.69 Å². The molecule has 188 valence electrons. The van der Waals surface area contributed by atoms with Gasteiger partial charge in [-0.15, -0.1) is 10.2 Å². The summed E-state index contributed by atoms with van der Waals surface area (Å²) in [5.41, 5.74) is 3.09. The molecule has 0 saturated heterocycles. The maximum atomic E-state index is 13.2. The van der Waals surface area contributed by atoms with E-state index < -0.39 is 11.8 Å². The van der Waals surface area contributed by atoms with Crippen LogP contribution in [-0.2, 0) is 11.8 Å². The number of benzene rings is 3. The molecule has 0 radical (unpaired) electrons. The minimum Gasteiger partial charge on any atom is -0.493 e. The van der Waals surface area contributed by atoms with Crippen LogP contribution in [0.3, 0.4) is 0 Å². The lowest BCUT2D eigenvalue weighted by Crippen LogP contribution is -2.26. The number of aryl methyl sites for hydroxylation is 1. The van der Waals surface area contributed by atoms with Gasteiger partial charge in [0.25, 0.3) is 5.91 Å². The maximum Gasteiger partial charge on any atom is 0.311 e. The Hall–Kier alpha value is -4.72. The molecular formula is C29H29N5O3. The fourth-order valence-corrected chi connectivity index (χ4v) is 4.08. The molecule has 37 heavy (non-hydrogen) atoms. The first-order chi connectivity index (χ1) is 17.9. The van der Waals surface area contributed by atoms with Crippen molar-refractivity contribution >= 4 is 40.2 Å². The van der Waals surface area contributed by atoms with Crippen LogP contribution in [0.15, 0.2) is 94.8 Å². The van der Waals surface area contributed by atoms with Crippen LogP contribution in [0.2, 0.25) is 0 Å². The molecule has 0 aliphatic heterocycles. The van der Waals surface area contributed by atoms with E-state index in [4.69, 9.17) is 0 Å². The van der Waals surface area contributed by atoms with E-state index in [9.17, 15) is 14.7 Å². The van der Waals surface area contributed by atoms with Crippen molar-refractivity contribution in [3.05, 3.63) is 95.7 Å². The second kappa shape index (κ2) is 11.3. The van der Waals surface area contributed by atoms with Crippen molar-refractivity contribution in [2.75, 3.05) is 18.0 Å². The number of rotatable bonds is 8. The highest BCUT2D eigenvalue weighted by molar-refractivity contribution is 6.05. The van der Waals surface area contributed by atoms with Gasteiger partial charge >= 0.3 is 5.91 Å². The van der Waals surface area contributed by atoms with Crippen LogP contribution in [0, 0.1) is 0 Å². The van der Waals surface area contributed by atoms with Gasteiger partial charge in [0, 0.05) is 36.8 Å². The summed E-state index contributed by atoms with van der Waals surface area (Å²) in [5.74, 6) is -1.30. The van der Waals surface area contributed by atoms with Crippen LogP contribution < -0.4 is 10.2 Å². The van der Waals surface area contributed by atoms with Crippen molar-refractivity contribution in [3.63, 3.8) is 0 Å². The van der Waals surface area contributed by atoms with Gasteiger partial charge < -0.3 is 19.9 Å². The number of anilines is 1. The lowest BCUT2D eigenvalue weighted by atomic mass is 10.1. The molecule has 1 heterocycles. The van der Waals surface area contributed by atoms with Crippen LogP contribution in [0.5, 0.6) is 5.88 Å². The Morgan fingerprint density at radius 3 is 2.27 bits per heavy atom. The summed E-state index contributed by atoms with van der Waals surface area (Å²) in [5, 5.41) is 21.8. The van der Waals surface area contributed by atoms with Crippen molar-refractivity contribution in [1.82, 2.24) is 9.88 Å². The molecule has 4 aromatic rings. The molecule has 0 aliphatic rings. The number of aromatic hydroxyl groups is 1. The highest BCUT2D eigenvalue weighted by atomic mass is 16.3. The van der Waals surface area contributed by atoms with Gasteiger partial charge in [0.1, 0.15) is 5.70 Å². The Morgan fingerprint density at radius 1 is 0.946 bits per heavy atom. The van der Waals surface area contributed by atoms with Crippen molar-refractivity contribution in [3.8, 4) is 5.88 Å². The number of carbonyl (C=O) groups excluding carboxylic acids is 2. The zero-order valence-electron chi connectivity index (χ0n) is 21.0. The minimum absolute atomic E-state index is 0.0343. The largest absolute Gasteiger partial charge is 0.493 e. The normalized spacial score (nSPS) is 11.7. The van der Waals surface area contributed by atoms with Crippen LogP contribution in [-0.4, -0.2) is 34.6 Å². The van der Waals surface area contributed by atoms with E-state index in [0.717, 1.165) is 29.9 Å². The summed E-state index contributed by atoms with van der Waals surface area (Å²) in [6.07, 6.45) is 1.57. The van der Waals surface area contributed by atoms with Gasteiger partial charge in [-0.3, -0.25) is 9.59 Å². The quantitative estimate of drug-likeness (QED) is 0.238. The molecule has 8 heteroatoms. The number of hydrogen-bond acceptors (Lipinski definition) is 5. The number of nitrogens with one attached hydrogen (secondary N) is 1. The molecule has 0 saturated carbocycles. The number of azo groups is 1. The van der Waals surface area contributed by atoms with E-state index in [1.54, 1.807) is 54.1 Å². The number of aromatic nitrogens is 1. The summed E-state index contributed by atoms with van der Waals surface area (Å²) in [6, 6.07) is 23.6. The molecule has 1 aromatic heterocycles. The maximum absolute atomic E-state index is 13.2. The predicted octanol–water partition coefficient (Wildman–Crippen LogP) is 5.81. The molecule has 0 spiro atoms. The highest BCUT2D eigenvalue weighted by Gasteiger charge is 2.17. The fourth-order valence-electron chi connectivity index (χ4n) is 4.08. The van der Waals surface area contributed by atoms with Crippen molar-refractivity contribution in [2.45, 2.75) is 13.8 Å². The third-order valence-electron chi connectivity index (χ3n) is 6.14. The molecule has 4 rings (SSSR count). The average Bonchev–Trinajstić information content (AvgIpc) is 3.18. The van der Waals surface area contributed by atoms with E-state index in [0.29, 0.717) is 10.9 Å². The summed E-state index contributed by atoms with van der Waals surface area (Å²) < 4.78 is 1.57. The number of para-hydroxylation sites is 1. The van der Waals surface area contributed by atoms with Crippen LogP contribution in [0.1, 0.15) is 29.8 Å². The first-order valence-corrected chi connectivity index (χ1v) is 12.1. The first-order valence-electron chi connectivity index (χ1n) is 12.1. The van der Waals surface area contributed by atoms with E-state index >= 15 is 0 Å². The monoisotopic (exact) mass is 495 g/mol. The van der Waals surface area contributed by atoms with Crippen LogP contribution in [0.25, 0.3) is 17.0 Å². The summed E-state index contributed by atoms with van der Waals surface area (Å²) in [6.45, 7) is 5.94. The van der Waals surface area contributed by atoms with Crippen molar-refractivity contribution < 1.29 is 14.7 Å².